The first-order valence-electron chi connectivity index (χ1n) is 7.15. The molecule has 0 saturated carbocycles. The van der Waals surface area contributed by atoms with E-state index in [1.165, 1.54) is 16.7 Å². The summed E-state index contributed by atoms with van der Waals surface area (Å²) in [5.74, 6) is -0.0932. The van der Waals surface area contributed by atoms with Gasteiger partial charge in [0.25, 0.3) is 5.91 Å². The van der Waals surface area contributed by atoms with Gasteiger partial charge in [-0.15, -0.1) is 0 Å². The van der Waals surface area contributed by atoms with E-state index in [4.69, 9.17) is 11.6 Å². The van der Waals surface area contributed by atoms with Crippen LogP contribution in [0, 0.1) is 13.8 Å². The minimum atomic E-state index is -0.0932. The van der Waals surface area contributed by atoms with Crippen molar-refractivity contribution in [1.82, 2.24) is 5.32 Å². The molecule has 0 aliphatic carbocycles. The van der Waals surface area contributed by atoms with Crippen LogP contribution in [-0.2, 0) is 0 Å². The number of benzene rings is 2. The van der Waals surface area contributed by atoms with Gasteiger partial charge in [-0.05, 0) is 49.6 Å². The molecule has 0 fully saturated rings. The maximum atomic E-state index is 12.3. The second kappa shape index (κ2) is 6.77. The third-order valence-electron chi connectivity index (χ3n) is 3.60. The molecule has 2 aromatic rings. The quantitative estimate of drug-likeness (QED) is 0.860. The van der Waals surface area contributed by atoms with Gasteiger partial charge in [-0.3, -0.25) is 4.79 Å². The first-order valence-corrected chi connectivity index (χ1v) is 7.52. The summed E-state index contributed by atoms with van der Waals surface area (Å²) in [5.41, 5.74) is 4.18. The van der Waals surface area contributed by atoms with Crippen molar-refractivity contribution in [2.24, 2.45) is 0 Å². The molecular weight excluding hydrogens is 282 g/mol. The van der Waals surface area contributed by atoms with Crippen LogP contribution in [0.5, 0.6) is 0 Å². The van der Waals surface area contributed by atoms with E-state index in [0.29, 0.717) is 10.6 Å². The minimum Gasteiger partial charge on any atom is -0.345 e. The van der Waals surface area contributed by atoms with Crippen LogP contribution in [0.2, 0.25) is 5.02 Å². The fraction of sp³-hybridized carbons (Fsp3) is 0.278. The third kappa shape index (κ3) is 3.85. The average Bonchev–Trinajstić information content (AvgIpc) is 2.45. The summed E-state index contributed by atoms with van der Waals surface area (Å²) in [7, 11) is 0. The first-order chi connectivity index (χ1) is 10.0. The Bertz CT molecular complexity index is 651. The SMILES string of the molecule is CC[C@H](NC(=O)c1cccc(Cl)c1)c1ccc(C)cc1C. The van der Waals surface area contributed by atoms with Crippen molar-refractivity contribution in [2.75, 3.05) is 0 Å². The molecule has 2 nitrogen and oxygen atoms in total. The van der Waals surface area contributed by atoms with E-state index in [2.05, 4.69) is 44.3 Å². The van der Waals surface area contributed by atoms with Crippen molar-refractivity contribution in [3.8, 4) is 0 Å². The highest BCUT2D eigenvalue weighted by molar-refractivity contribution is 6.30. The second-order valence-electron chi connectivity index (χ2n) is 5.30. The van der Waals surface area contributed by atoms with E-state index < -0.39 is 0 Å². The van der Waals surface area contributed by atoms with Crippen LogP contribution >= 0.6 is 11.6 Å². The topological polar surface area (TPSA) is 29.1 Å². The number of amides is 1. The minimum absolute atomic E-state index is 0.0112. The summed E-state index contributed by atoms with van der Waals surface area (Å²) in [6.07, 6.45) is 0.843. The third-order valence-corrected chi connectivity index (χ3v) is 3.84. The van der Waals surface area contributed by atoms with Gasteiger partial charge in [0.2, 0.25) is 0 Å². The van der Waals surface area contributed by atoms with Crippen LogP contribution in [0.25, 0.3) is 0 Å². The van der Waals surface area contributed by atoms with Gasteiger partial charge < -0.3 is 5.32 Å². The number of carbonyl (C=O) groups excluding carboxylic acids is 1. The van der Waals surface area contributed by atoms with Crippen LogP contribution < -0.4 is 5.32 Å². The van der Waals surface area contributed by atoms with E-state index in [9.17, 15) is 4.79 Å². The zero-order valence-corrected chi connectivity index (χ0v) is 13.4. The predicted molar refractivity (Wildman–Crippen MR) is 87.9 cm³/mol. The Morgan fingerprint density at radius 2 is 1.95 bits per heavy atom. The predicted octanol–water partition coefficient (Wildman–Crippen LogP) is 4.84. The van der Waals surface area contributed by atoms with Gasteiger partial charge in [-0.1, -0.05) is 48.4 Å². The molecule has 2 rings (SSSR count). The Labute approximate surface area is 131 Å². The molecule has 0 heterocycles. The van der Waals surface area contributed by atoms with E-state index in [0.717, 1.165) is 6.42 Å². The number of halogens is 1. The van der Waals surface area contributed by atoms with Gasteiger partial charge in [0, 0.05) is 10.6 Å². The Morgan fingerprint density at radius 3 is 2.57 bits per heavy atom. The monoisotopic (exact) mass is 301 g/mol. The van der Waals surface area contributed by atoms with Crippen molar-refractivity contribution >= 4 is 17.5 Å². The van der Waals surface area contributed by atoms with E-state index in [1.807, 2.05) is 0 Å². The Morgan fingerprint density at radius 1 is 1.19 bits per heavy atom. The molecule has 1 amide bonds. The van der Waals surface area contributed by atoms with E-state index in [1.54, 1.807) is 24.3 Å². The highest BCUT2D eigenvalue weighted by Crippen LogP contribution is 2.22. The molecular formula is C18H20ClNO. The lowest BCUT2D eigenvalue weighted by Gasteiger charge is -2.20. The van der Waals surface area contributed by atoms with Gasteiger partial charge in [-0.25, -0.2) is 0 Å². The zero-order valence-electron chi connectivity index (χ0n) is 12.6. The van der Waals surface area contributed by atoms with Crippen molar-refractivity contribution in [3.63, 3.8) is 0 Å². The van der Waals surface area contributed by atoms with Gasteiger partial charge in [0.1, 0.15) is 0 Å². The molecule has 2 aromatic carbocycles. The van der Waals surface area contributed by atoms with Crippen molar-refractivity contribution in [2.45, 2.75) is 33.2 Å². The van der Waals surface area contributed by atoms with E-state index >= 15 is 0 Å². The van der Waals surface area contributed by atoms with Crippen LogP contribution in [0.4, 0.5) is 0 Å². The van der Waals surface area contributed by atoms with Crippen molar-refractivity contribution in [3.05, 3.63) is 69.7 Å². The lowest BCUT2D eigenvalue weighted by atomic mass is 9.97. The molecule has 0 aliphatic heterocycles. The Kier molecular flexibility index (Phi) is 5.03. The van der Waals surface area contributed by atoms with Gasteiger partial charge in [0.15, 0.2) is 0 Å². The smallest absolute Gasteiger partial charge is 0.251 e. The summed E-state index contributed by atoms with van der Waals surface area (Å²) < 4.78 is 0. The number of carbonyl (C=O) groups is 1. The molecule has 0 radical (unpaired) electrons. The van der Waals surface area contributed by atoms with Crippen molar-refractivity contribution < 1.29 is 4.79 Å². The Hall–Kier alpha value is -1.80. The number of hydrogen-bond acceptors (Lipinski definition) is 1. The van der Waals surface area contributed by atoms with Gasteiger partial charge >= 0.3 is 0 Å². The van der Waals surface area contributed by atoms with Gasteiger partial charge in [0.05, 0.1) is 6.04 Å². The summed E-state index contributed by atoms with van der Waals surface area (Å²) in [4.78, 5) is 12.3. The van der Waals surface area contributed by atoms with E-state index in [-0.39, 0.29) is 11.9 Å². The molecule has 0 unspecified atom stereocenters. The number of aryl methyl sites for hydroxylation is 2. The molecule has 21 heavy (non-hydrogen) atoms. The largest absolute Gasteiger partial charge is 0.345 e. The highest BCUT2D eigenvalue weighted by Gasteiger charge is 2.16. The van der Waals surface area contributed by atoms with Crippen LogP contribution in [0.1, 0.15) is 46.4 Å². The first kappa shape index (κ1) is 15.6. The highest BCUT2D eigenvalue weighted by atomic mass is 35.5. The fourth-order valence-corrected chi connectivity index (χ4v) is 2.68. The molecule has 0 bridgehead atoms. The maximum absolute atomic E-state index is 12.3. The van der Waals surface area contributed by atoms with Crippen molar-refractivity contribution in [1.29, 1.82) is 0 Å². The normalized spacial score (nSPS) is 12.0. The molecule has 0 aliphatic rings. The molecule has 3 heteroatoms. The number of hydrogen-bond donors (Lipinski definition) is 1. The zero-order chi connectivity index (χ0) is 15.4. The maximum Gasteiger partial charge on any atom is 0.251 e. The summed E-state index contributed by atoms with van der Waals surface area (Å²) in [6, 6.07) is 13.3. The number of nitrogens with one attached hydrogen (secondary N) is 1. The number of rotatable bonds is 4. The average molecular weight is 302 g/mol. The van der Waals surface area contributed by atoms with Crippen LogP contribution in [-0.4, -0.2) is 5.91 Å². The molecule has 110 valence electrons. The summed E-state index contributed by atoms with van der Waals surface area (Å²) in [6.45, 7) is 6.22. The Balaban J connectivity index is 2.21. The molecule has 0 aromatic heterocycles. The second-order valence-corrected chi connectivity index (χ2v) is 5.74. The van der Waals surface area contributed by atoms with Crippen LogP contribution in [0.3, 0.4) is 0 Å². The summed E-state index contributed by atoms with van der Waals surface area (Å²) in [5, 5.41) is 3.66. The standard InChI is InChI=1S/C18H20ClNO/c1-4-17(16-9-8-12(2)10-13(16)3)20-18(21)14-6-5-7-15(19)11-14/h5-11,17H,4H2,1-3H3,(H,20,21)/t17-/m0/s1. The lowest BCUT2D eigenvalue weighted by molar-refractivity contribution is 0.0935. The van der Waals surface area contributed by atoms with Crippen LogP contribution in [0.15, 0.2) is 42.5 Å². The molecule has 0 spiro atoms. The fourth-order valence-electron chi connectivity index (χ4n) is 2.49. The molecule has 1 atom stereocenters. The molecule has 1 N–H and O–H groups in total. The molecule has 0 saturated heterocycles. The lowest BCUT2D eigenvalue weighted by Crippen LogP contribution is -2.28. The van der Waals surface area contributed by atoms with Gasteiger partial charge in [-0.2, -0.15) is 0 Å². The summed E-state index contributed by atoms with van der Waals surface area (Å²) >= 11 is 5.94.